The molecule has 0 aliphatic heterocycles. The molecule has 0 saturated heterocycles. The van der Waals surface area contributed by atoms with Crippen molar-refractivity contribution in [3.05, 3.63) is 107 Å². The number of hydrogen-bond acceptors (Lipinski definition) is 2. The second-order valence-corrected chi connectivity index (χ2v) is 7.03. The molecule has 28 heavy (non-hydrogen) atoms. The molecule has 1 atom stereocenters. The van der Waals surface area contributed by atoms with E-state index in [1.165, 1.54) is 5.56 Å². The van der Waals surface area contributed by atoms with Crippen LogP contribution in [-0.2, 0) is 4.74 Å². The standard InChI is InChI=1S/C26H24O2/c1-18-14-16-20(17-15-18)24-23(25(27-3)21-10-6-4-7-11-21)19(2)28-26(24)22-12-8-5-9-13-22/h4-17,25H,1-3H3. The molecule has 1 heterocycles. The van der Waals surface area contributed by atoms with Gasteiger partial charge in [-0.2, -0.15) is 0 Å². The first-order valence-corrected chi connectivity index (χ1v) is 9.52. The molecule has 0 amide bonds. The van der Waals surface area contributed by atoms with Crippen LogP contribution in [0.15, 0.2) is 89.3 Å². The van der Waals surface area contributed by atoms with E-state index in [0.717, 1.165) is 39.3 Å². The summed E-state index contributed by atoms with van der Waals surface area (Å²) in [4.78, 5) is 0. The van der Waals surface area contributed by atoms with Crippen molar-refractivity contribution in [2.24, 2.45) is 0 Å². The zero-order valence-corrected chi connectivity index (χ0v) is 16.5. The van der Waals surface area contributed by atoms with Crippen LogP contribution in [0.3, 0.4) is 0 Å². The fourth-order valence-corrected chi connectivity index (χ4v) is 3.72. The topological polar surface area (TPSA) is 22.4 Å². The van der Waals surface area contributed by atoms with Crippen LogP contribution in [-0.4, -0.2) is 7.11 Å². The summed E-state index contributed by atoms with van der Waals surface area (Å²) >= 11 is 0. The molecule has 140 valence electrons. The molecule has 0 aliphatic rings. The molecule has 0 saturated carbocycles. The van der Waals surface area contributed by atoms with Crippen LogP contribution in [0.2, 0.25) is 0 Å². The average molecular weight is 368 g/mol. The van der Waals surface area contributed by atoms with E-state index >= 15 is 0 Å². The van der Waals surface area contributed by atoms with E-state index in [1.807, 2.05) is 43.3 Å². The van der Waals surface area contributed by atoms with Crippen LogP contribution in [0.1, 0.15) is 28.6 Å². The summed E-state index contributed by atoms with van der Waals surface area (Å²) in [5.74, 6) is 1.76. The lowest BCUT2D eigenvalue weighted by atomic mass is 9.91. The summed E-state index contributed by atoms with van der Waals surface area (Å²) in [5.41, 5.74) is 6.72. The Morgan fingerprint density at radius 2 is 1.32 bits per heavy atom. The number of rotatable bonds is 5. The smallest absolute Gasteiger partial charge is 0.142 e. The van der Waals surface area contributed by atoms with Crippen molar-refractivity contribution in [1.29, 1.82) is 0 Å². The van der Waals surface area contributed by atoms with Crippen LogP contribution >= 0.6 is 0 Å². The van der Waals surface area contributed by atoms with Gasteiger partial charge >= 0.3 is 0 Å². The SMILES string of the molecule is COC(c1ccccc1)c1c(C)oc(-c2ccccc2)c1-c1ccc(C)cc1. The first-order chi connectivity index (χ1) is 13.7. The molecular weight excluding hydrogens is 344 g/mol. The highest BCUT2D eigenvalue weighted by molar-refractivity contribution is 5.84. The van der Waals surface area contributed by atoms with Crippen molar-refractivity contribution in [3.63, 3.8) is 0 Å². The van der Waals surface area contributed by atoms with Gasteiger partial charge < -0.3 is 9.15 Å². The van der Waals surface area contributed by atoms with Gasteiger partial charge in [-0.25, -0.2) is 0 Å². The highest BCUT2D eigenvalue weighted by Crippen LogP contribution is 2.44. The molecular formula is C26H24O2. The fraction of sp³-hybridized carbons (Fsp3) is 0.154. The number of hydrogen-bond donors (Lipinski definition) is 0. The summed E-state index contributed by atoms with van der Waals surface area (Å²) in [6, 6.07) is 29.2. The molecule has 0 N–H and O–H groups in total. The quantitative estimate of drug-likeness (QED) is 0.380. The second kappa shape index (κ2) is 7.87. The van der Waals surface area contributed by atoms with Gasteiger partial charge in [0.1, 0.15) is 17.6 Å². The van der Waals surface area contributed by atoms with Gasteiger partial charge in [-0.1, -0.05) is 90.5 Å². The van der Waals surface area contributed by atoms with Gasteiger partial charge in [0, 0.05) is 23.8 Å². The number of furan rings is 1. The van der Waals surface area contributed by atoms with Gasteiger partial charge in [-0.05, 0) is 25.0 Å². The molecule has 2 nitrogen and oxygen atoms in total. The Morgan fingerprint density at radius 1 is 0.714 bits per heavy atom. The molecule has 0 spiro atoms. The molecule has 4 aromatic rings. The van der Waals surface area contributed by atoms with Crippen LogP contribution in [0.5, 0.6) is 0 Å². The van der Waals surface area contributed by atoms with E-state index in [1.54, 1.807) is 7.11 Å². The van der Waals surface area contributed by atoms with E-state index in [9.17, 15) is 0 Å². The van der Waals surface area contributed by atoms with E-state index in [0.29, 0.717) is 0 Å². The Kier molecular flexibility index (Phi) is 5.14. The fourth-order valence-electron chi connectivity index (χ4n) is 3.72. The summed E-state index contributed by atoms with van der Waals surface area (Å²) < 4.78 is 12.3. The van der Waals surface area contributed by atoms with Crippen molar-refractivity contribution < 1.29 is 9.15 Å². The molecule has 0 aliphatic carbocycles. The zero-order chi connectivity index (χ0) is 19.5. The lowest BCUT2D eigenvalue weighted by Gasteiger charge is -2.18. The van der Waals surface area contributed by atoms with Crippen LogP contribution in [0.4, 0.5) is 0 Å². The van der Waals surface area contributed by atoms with E-state index < -0.39 is 0 Å². The minimum atomic E-state index is -0.196. The van der Waals surface area contributed by atoms with Gasteiger partial charge in [0.25, 0.3) is 0 Å². The third kappa shape index (κ3) is 3.39. The minimum absolute atomic E-state index is 0.196. The first kappa shape index (κ1) is 18.3. The largest absolute Gasteiger partial charge is 0.460 e. The van der Waals surface area contributed by atoms with Gasteiger partial charge in [-0.3, -0.25) is 0 Å². The monoisotopic (exact) mass is 368 g/mol. The Balaban J connectivity index is 1.98. The van der Waals surface area contributed by atoms with E-state index in [2.05, 4.69) is 55.5 Å². The van der Waals surface area contributed by atoms with Crippen molar-refractivity contribution in [3.8, 4) is 22.5 Å². The summed E-state index contributed by atoms with van der Waals surface area (Å²) in [6.45, 7) is 4.12. The normalized spacial score (nSPS) is 12.1. The van der Waals surface area contributed by atoms with Gasteiger partial charge in [0.15, 0.2) is 0 Å². The maximum absolute atomic E-state index is 6.34. The summed E-state index contributed by atoms with van der Waals surface area (Å²) in [6.07, 6.45) is -0.196. The van der Waals surface area contributed by atoms with Crippen molar-refractivity contribution >= 4 is 0 Å². The highest BCUT2D eigenvalue weighted by atomic mass is 16.5. The Bertz CT molecular complexity index is 1050. The van der Waals surface area contributed by atoms with Gasteiger partial charge in [0.05, 0.1) is 0 Å². The number of ether oxygens (including phenoxy) is 1. The van der Waals surface area contributed by atoms with Crippen molar-refractivity contribution in [1.82, 2.24) is 0 Å². The van der Waals surface area contributed by atoms with Crippen LogP contribution in [0, 0.1) is 13.8 Å². The highest BCUT2D eigenvalue weighted by Gasteiger charge is 2.27. The van der Waals surface area contributed by atoms with Crippen molar-refractivity contribution in [2.75, 3.05) is 7.11 Å². The number of benzene rings is 3. The molecule has 2 heteroatoms. The predicted molar refractivity (Wildman–Crippen MR) is 114 cm³/mol. The second-order valence-electron chi connectivity index (χ2n) is 7.03. The third-order valence-corrected chi connectivity index (χ3v) is 5.11. The number of methoxy groups -OCH3 is 1. The van der Waals surface area contributed by atoms with Crippen molar-refractivity contribution in [2.45, 2.75) is 20.0 Å². The minimum Gasteiger partial charge on any atom is -0.460 e. The molecule has 4 rings (SSSR count). The van der Waals surface area contributed by atoms with Gasteiger partial charge in [0.2, 0.25) is 0 Å². The van der Waals surface area contributed by atoms with Crippen LogP contribution in [0.25, 0.3) is 22.5 Å². The maximum atomic E-state index is 6.34. The molecule has 1 aromatic heterocycles. The third-order valence-electron chi connectivity index (χ3n) is 5.11. The molecule has 1 unspecified atom stereocenters. The summed E-state index contributed by atoms with van der Waals surface area (Å²) in [7, 11) is 1.76. The lowest BCUT2D eigenvalue weighted by Crippen LogP contribution is -2.05. The zero-order valence-electron chi connectivity index (χ0n) is 16.5. The summed E-state index contributed by atoms with van der Waals surface area (Å²) in [5, 5.41) is 0. The predicted octanol–water partition coefficient (Wildman–Crippen LogP) is 6.97. The first-order valence-electron chi connectivity index (χ1n) is 9.52. The molecule has 3 aromatic carbocycles. The number of aryl methyl sites for hydroxylation is 2. The molecule has 0 radical (unpaired) electrons. The lowest BCUT2D eigenvalue weighted by molar-refractivity contribution is 0.135. The Labute approximate surface area is 166 Å². The Hall–Kier alpha value is -3.10. The maximum Gasteiger partial charge on any atom is 0.142 e. The van der Waals surface area contributed by atoms with E-state index in [4.69, 9.17) is 9.15 Å². The molecule has 0 fully saturated rings. The molecule has 0 bridgehead atoms. The average Bonchev–Trinajstić information content (AvgIpc) is 3.08. The van der Waals surface area contributed by atoms with E-state index in [-0.39, 0.29) is 6.10 Å². The Morgan fingerprint density at radius 3 is 1.93 bits per heavy atom. The van der Waals surface area contributed by atoms with Crippen LogP contribution < -0.4 is 0 Å². The van der Waals surface area contributed by atoms with Gasteiger partial charge in [-0.15, -0.1) is 0 Å².